The maximum atomic E-state index is 12.9. The minimum Gasteiger partial charge on any atom is -0.444 e. The van der Waals surface area contributed by atoms with E-state index in [-0.39, 0.29) is 15.4 Å². The molecule has 6 nitrogen and oxygen atoms in total. The van der Waals surface area contributed by atoms with E-state index in [2.05, 4.69) is 20.9 Å². The van der Waals surface area contributed by atoms with Gasteiger partial charge in [-0.2, -0.15) is 0 Å². The van der Waals surface area contributed by atoms with Gasteiger partial charge in [0.25, 0.3) is 5.91 Å². The van der Waals surface area contributed by atoms with Crippen molar-refractivity contribution in [2.45, 2.75) is 26.4 Å². The Morgan fingerprint density at radius 2 is 1.82 bits per heavy atom. The van der Waals surface area contributed by atoms with Gasteiger partial charge in [-0.15, -0.1) is 0 Å². The van der Waals surface area contributed by atoms with Crippen LogP contribution in [-0.4, -0.2) is 58.4 Å². The number of hydrogen-bond acceptors (Lipinski definition) is 4. The predicted molar refractivity (Wildman–Crippen MR) is 85.6 cm³/mol. The minimum absolute atomic E-state index is 0.175. The van der Waals surface area contributed by atoms with Crippen LogP contribution in [0.2, 0.25) is 0 Å². The van der Waals surface area contributed by atoms with Crippen LogP contribution in [0.4, 0.5) is 4.79 Å². The van der Waals surface area contributed by atoms with Crippen molar-refractivity contribution in [1.29, 1.82) is 0 Å². The first-order valence-corrected chi connectivity index (χ1v) is 7.07. The van der Waals surface area contributed by atoms with Crippen molar-refractivity contribution in [3.63, 3.8) is 0 Å². The van der Waals surface area contributed by atoms with Gasteiger partial charge in [0.05, 0.1) is 16.5 Å². The number of rotatable bonds is 1. The fourth-order valence-corrected chi connectivity index (χ4v) is 1.62. The van der Waals surface area contributed by atoms with Crippen molar-refractivity contribution in [3.05, 3.63) is 28.5 Å². The molecule has 120 valence electrons. The quantitative estimate of drug-likeness (QED) is 0.705. The van der Waals surface area contributed by atoms with Gasteiger partial charge in [0.15, 0.2) is 0 Å². The van der Waals surface area contributed by atoms with E-state index >= 15 is 0 Å². The van der Waals surface area contributed by atoms with Gasteiger partial charge in [-0.1, -0.05) is 0 Å². The molecule has 0 unspecified atom stereocenters. The zero-order valence-electron chi connectivity index (χ0n) is 20.2. The monoisotopic (exact) mass is 377 g/mol. The molecule has 0 aromatic carbocycles. The molecule has 0 radical (unpaired) electrons. The van der Waals surface area contributed by atoms with Gasteiger partial charge in [-0.3, -0.25) is 4.79 Å². The predicted octanol–water partition coefficient (Wildman–Crippen LogP) is 2.54. The first kappa shape index (κ1) is 8.86. The van der Waals surface area contributed by atoms with Crippen LogP contribution in [0.3, 0.4) is 0 Å². The number of carbonyl (C=O) groups is 2. The second-order valence-corrected chi connectivity index (χ2v) is 6.09. The number of aromatic nitrogens is 1. The van der Waals surface area contributed by atoms with Gasteiger partial charge >= 0.3 is 6.09 Å². The van der Waals surface area contributed by atoms with E-state index < -0.39 is 43.6 Å². The van der Waals surface area contributed by atoms with E-state index in [4.69, 9.17) is 15.7 Å². The number of pyridine rings is 1. The average molecular weight is 378 g/mol. The van der Waals surface area contributed by atoms with Crippen LogP contribution in [0.1, 0.15) is 42.1 Å². The Bertz CT molecular complexity index is 830. The smallest absolute Gasteiger partial charge is 0.410 e. The van der Waals surface area contributed by atoms with E-state index in [1.807, 2.05) is 0 Å². The Labute approximate surface area is 149 Å². The molecule has 2 heterocycles. The normalized spacial score (nSPS) is 30.2. The molecule has 0 atom stereocenters. The summed E-state index contributed by atoms with van der Waals surface area (Å²) < 4.78 is 70.8. The Hall–Kier alpha value is -1.63. The topological polar surface area (TPSA) is 62.7 Å². The molecule has 22 heavy (non-hydrogen) atoms. The molecule has 1 aromatic heterocycles. The van der Waals surface area contributed by atoms with Gasteiger partial charge in [0, 0.05) is 32.2 Å². The molecular weight excluding hydrogens is 350 g/mol. The zero-order chi connectivity index (χ0) is 23.5. The maximum absolute atomic E-state index is 12.9. The standard InChI is InChI=1S/C15H20BrN3O3/c1-15(2,3)22-14(21)19-8-6-18(7-9-19)13(20)11-4-5-12(16)17-10-11/h4-5,10H,6-9H2,1-3H3/i6D2,7D2,8D2,9D2. The number of amides is 2. The number of piperazine rings is 1. The Balaban J connectivity index is 2.66. The molecule has 7 heteroatoms. The lowest BCUT2D eigenvalue weighted by Crippen LogP contribution is -2.51. The summed E-state index contributed by atoms with van der Waals surface area (Å²) in [6, 6.07) is 2.52. The third kappa shape index (κ3) is 4.43. The summed E-state index contributed by atoms with van der Waals surface area (Å²) in [5, 5.41) is 0. The molecule has 0 saturated carbocycles. The number of ether oxygens (including phenoxy) is 1. The third-order valence-corrected chi connectivity index (χ3v) is 2.77. The number of hydrogen-bond donors (Lipinski definition) is 0. The van der Waals surface area contributed by atoms with Crippen molar-refractivity contribution in [2.75, 3.05) is 26.0 Å². The lowest BCUT2D eigenvalue weighted by Gasteiger charge is -2.35. The average Bonchev–Trinajstić information content (AvgIpc) is 2.51. The molecule has 1 aliphatic heterocycles. The number of nitrogens with zero attached hydrogens (tertiary/aromatic N) is 3. The second kappa shape index (κ2) is 6.64. The van der Waals surface area contributed by atoms with E-state index in [1.54, 1.807) is 0 Å². The van der Waals surface area contributed by atoms with E-state index in [0.29, 0.717) is 4.60 Å². The van der Waals surface area contributed by atoms with E-state index in [1.165, 1.54) is 32.9 Å². The molecule has 0 bridgehead atoms. The largest absolute Gasteiger partial charge is 0.444 e. The highest BCUT2D eigenvalue weighted by Gasteiger charge is 2.28. The summed E-state index contributed by atoms with van der Waals surface area (Å²) in [5.74, 6) is -1.35. The summed E-state index contributed by atoms with van der Waals surface area (Å²) in [7, 11) is 0. The molecule has 0 N–H and O–H groups in total. The van der Waals surface area contributed by atoms with Crippen molar-refractivity contribution >= 4 is 27.9 Å². The number of halogens is 1. The Kier molecular flexibility index (Phi) is 2.68. The van der Waals surface area contributed by atoms with Crippen molar-refractivity contribution in [2.24, 2.45) is 0 Å². The van der Waals surface area contributed by atoms with Crippen molar-refractivity contribution < 1.29 is 25.3 Å². The summed E-state index contributed by atoms with van der Waals surface area (Å²) in [6.45, 7) is -9.67. The van der Waals surface area contributed by atoms with Crippen LogP contribution in [0, 0.1) is 0 Å². The second-order valence-electron chi connectivity index (χ2n) is 5.27. The molecule has 1 saturated heterocycles. The lowest BCUT2D eigenvalue weighted by atomic mass is 10.2. The fourth-order valence-electron chi connectivity index (χ4n) is 1.39. The van der Waals surface area contributed by atoms with E-state index in [9.17, 15) is 9.59 Å². The fraction of sp³-hybridized carbons (Fsp3) is 0.533. The molecule has 1 aliphatic rings. The van der Waals surface area contributed by atoms with Crippen LogP contribution >= 0.6 is 15.9 Å². The SMILES string of the molecule is [2H]C1([2H])N(C(=O)OC(C)(C)C)C([2H])([2H])C([2H])([2H])N(C(=O)c2ccc(Br)nc2)C1([2H])[2H]. The summed E-state index contributed by atoms with van der Waals surface area (Å²) >= 11 is 3.06. The summed E-state index contributed by atoms with van der Waals surface area (Å²) in [6.07, 6.45) is -0.605. The third-order valence-electron chi connectivity index (χ3n) is 2.30. The van der Waals surface area contributed by atoms with E-state index in [0.717, 1.165) is 6.20 Å². The van der Waals surface area contributed by atoms with Gasteiger partial charge in [-0.25, -0.2) is 9.78 Å². The Morgan fingerprint density at radius 1 is 1.23 bits per heavy atom. The molecular formula is C15H20BrN3O3. The highest BCUT2D eigenvalue weighted by atomic mass is 79.9. The highest BCUT2D eigenvalue weighted by molar-refractivity contribution is 9.10. The van der Waals surface area contributed by atoms with Crippen LogP contribution in [0.15, 0.2) is 22.9 Å². The van der Waals surface area contributed by atoms with Crippen molar-refractivity contribution in [1.82, 2.24) is 14.8 Å². The Morgan fingerprint density at radius 3 is 2.32 bits per heavy atom. The lowest BCUT2D eigenvalue weighted by molar-refractivity contribution is 0.0141. The number of carbonyl (C=O) groups excluding carboxylic acids is 2. The summed E-state index contributed by atoms with van der Waals surface area (Å²) in [4.78, 5) is 28.9. The molecule has 0 spiro atoms. The van der Waals surface area contributed by atoms with Crippen LogP contribution in [0.5, 0.6) is 0 Å². The van der Waals surface area contributed by atoms with Gasteiger partial charge in [0.1, 0.15) is 10.2 Å². The van der Waals surface area contributed by atoms with Crippen LogP contribution in [-0.2, 0) is 4.74 Å². The minimum atomic E-state index is -3.50. The molecule has 0 aliphatic carbocycles. The molecule has 1 aromatic rings. The van der Waals surface area contributed by atoms with Gasteiger partial charge in [0.2, 0.25) is 0 Å². The first-order chi connectivity index (χ1) is 13.3. The van der Waals surface area contributed by atoms with Gasteiger partial charge in [-0.05, 0) is 48.8 Å². The van der Waals surface area contributed by atoms with Crippen molar-refractivity contribution in [3.8, 4) is 0 Å². The first-order valence-electron chi connectivity index (χ1n) is 10.3. The van der Waals surface area contributed by atoms with Gasteiger partial charge < -0.3 is 14.5 Å². The molecule has 2 amide bonds. The highest BCUT2D eigenvalue weighted by Crippen LogP contribution is 2.14. The van der Waals surface area contributed by atoms with Crippen LogP contribution < -0.4 is 0 Å². The molecule has 1 fully saturated rings. The maximum Gasteiger partial charge on any atom is 0.410 e. The zero-order valence-corrected chi connectivity index (χ0v) is 13.8. The van der Waals surface area contributed by atoms with Crippen LogP contribution in [0.25, 0.3) is 0 Å². The summed E-state index contributed by atoms with van der Waals surface area (Å²) in [5.41, 5.74) is -1.50. The molecule has 2 rings (SSSR count).